The predicted octanol–water partition coefficient (Wildman–Crippen LogP) is 0.812. The van der Waals surface area contributed by atoms with Gasteiger partial charge in [0.1, 0.15) is 5.54 Å². The topological polar surface area (TPSA) is 55.4 Å². The van der Waals surface area contributed by atoms with Gasteiger partial charge in [0.15, 0.2) is 5.78 Å². The summed E-state index contributed by atoms with van der Waals surface area (Å²) in [7, 11) is 0. The lowest BCUT2D eigenvalue weighted by atomic mass is 9.99. The molecule has 12 heavy (non-hydrogen) atoms. The summed E-state index contributed by atoms with van der Waals surface area (Å²) in [6.45, 7) is 6.38. The second kappa shape index (κ2) is 4.21. The van der Waals surface area contributed by atoms with E-state index in [1.54, 1.807) is 20.8 Å². The van der Waals surface area contributed by atoms with Crippen LogP contribution in [0.1, 0.15) is 34.1 Å². The van der Waals surface area contributed by atoms with E-state index in [4.69, 9.17) is 0 Å². The molecule has 0 amide bonds. The number of carbonyl (C=O) groups excluding carboxylic acids is 2. The first-order valence-corrected chi connectivity index (χ1v) is 3.88. The summed E-state index contributed by atoms with van der Waals surface area (Å²) in [5, 5.41) is 0. The summed E-state index contributed by atoms with van der Waals surface area (Å²) in [6, 6.07) is 0. The number of Topliss-reactive ketones (excluding diaryl/α,β-unsaturated/α-hetero) is 1. The van der Waals surface area contributed by atoms with Crippen molar-refractivity contribution in [3.05, 3.63) is 0 Å². The van der Waals surface area contributed by atoms with Gasteiger partial charge >= 0.3 is 5.97 Å². The smallest absolute Gasteiger partial charge is 0.321 e. The molecule has 0 heterocycles. The maximum Gasteiger partial charge on any atom is 0.321 e. The zero-order valence-electron chi connectivity index (χ0n) is 7.93. The summed E-state index contributed by atoms with van der Waals surface area (Å²) in [5.41, 5.74) is 1.62. The second-order valence-corrected chi connectivity index (χ2v) is 3.10. The average molecular weight is 173 g/mol. The highest BCUT2D eigenvalue weighted by Crippen LogP contribution is 2.06. The van der Waals surface area contributed by atoms with Crippen molar-refractivity contribution in [2.24, 2.45) is 0 Å². The van der Waals surface area contributed by atoms with Crippen LogP contribution in [0.25, 0.3) is 0 Å². The van der Waals surface area contributed by atoms with Crippen molar-refractivity contribution in [3.63, 3.8) is 0 Å². The highest BCUT2D eigenvalue weighted by molar-refractivity contribution is 5.87. The molecule has 0 aromatic rings. The van der Waals surface area contributed by atoms with Gasteiger partial charge in [-0.25, -0.2) is 0 Å². The quantitative estimate of drug-likeness (QED) is 0.639. The Balaban J connectivity index is 4.03. The lowest BCUT2D eigenvalue weighted by molar-refractivity contribution is -0.155. The first-order chi connectivity index (χ1) is 5.40. The van der Waals surface area contributed by atoms with Crippen LogP contribution in [0.15, 0.2) is 0 Å². The minimum Gasteiger partial charge on any atom is -0.370 e. The highest BCUT2D eigenvalue weighted by atomic mass is 16.7. The van der Waals surface area contributed by atoms with Gasteiger partial charge in [0, 0.05) is 13.3 Å². The molecule has 4 nitrogen and oxygen atoms in total. The van der Waals surface area contributed by atoms with Crippen LogP contribution in [-0.2, 0) is 14.4 Å². The van der Waals surface area contributed by atoms with Crippen LogP contribution in [0.4, 0.5) is 0 Å². The summed E-state index contributed by atoms with van der Waals surface area (Å²) in [4.78, 5) is 26.1. The molecule has 0 radical (unpaired) electrons. The van der Waals surface area contributed by atoms with Gasteiger partial charge in [0.25, 0.3) is 0 Å². The fraction of sp³-hybridized carbons (Fsp3) is 0.750. The third kappa shape index (κ3) is 3.48. The lowest BCUT2D eigenvalue weighted by Crippen LogP contribution is -2.47. The van der Waals surface area contributed by atoms with Gasteiger partial charge in [0.05, 0.1) is 0 Å². The van der Waals surface area contributed by atoms with Crippen molar-refractivity contribution in [3.8, 4) is 0 Å². The highest BCUT2D eigenvalue weighted by Gasteiger charge is 2.26. The molecule has 0 aromatic heterocycles. The molecule has 0 saturated carbocycles. The van der Waals surface area contributed by atoms with E-state index in [2.05, 4.69) is 10.3 Å². The molecule has 0 unspecified atom stereocenters. The maximum absolute atomic E-state index is 11.2. The molecule has 0 aliphatic heterocycles. The standard InChI is InChI=1S/C8H15NO3/c1-5-7(11)8(3,4)9-12-6(2)10/h9H,5H2,1-4H3. The molecule has 0 bridgehead atoms. The fourth-order valence-electron chi connectivity index (χ4n) is 0.698. The largest absolute Gasteiger partial charge is 0.370 e. The van der Waals surface area contributed by atoms with Crippen LogP contribution in [0.5, 0.6) is 0 Å². The van der Waals surface area contributed by atoms with Crippen molar-refractivity contribution >= 4 is 11.8 Å². The predicted molar refractivity (Wildman–Crippen MR) is 44.3 cm³/mol. The van der Waals surface area contributed by atoms with E-state index >= 15 is 0 Å². The maximum atomic E-state index is 11.2. The summed E-state index contributed by atoms with van der Waals surface area (Å²) >= 11 is 0. The Kier molecular flexibility index (Phi) is 3.89. The van der Waals surface area contributed by atoms with Gasteiger partial charge in [0.2, 0.25) is 0 Å². The number of rotatable bonds is 4. The minimum absolute atomic E-state index is 0.00347. The molecule has 70 valence electrons. The Morgan fingerprint density at radius 2 is 1.92 bits per heavy atom. The van der Waals surface area contributed by atoms with E-state index in [0.29, 0.717) is 6.42 Å². The number of nitrogens with one attached hydrogen (secondary N) is 1. The fourth-order valence-corrected chi connectivity index (χ4v) is 0.698. The zero-order valence-corrected chi connectivity index (χ0v) is 7.93. The molecule has 0 spiro atoms. The number of hydrogen-bond acceptors (Lipinski definition) is 4. The second-order valence-electron chi connectivity index (χ2n) is 3.10. The molecule has 0 aliphatic carbocycles. The van der Waals surface area contributed by atoms with E-state index in [1.165, 1.54) is 6.92 Å². The average Bonchev–Trinajstić information content (AvgIpc) is 1.99. The van der Waals surface area contributed by atoms with Crippen LogP contribution in [0.2, 0.25) is 0 Å². The molecule has 0 rings (SSSR count). The van der Waals surface area contributed by atoms with Gasteiger partial charge in [-0.3, -0.25) is 9.59 Å². The van der Waals surface area contributed by atoms with E-state index in [9.17, 15) is 9.59 Å². The summed E-state index contributed by atoms with van der Waals surface area (Å²) < 4.78 is 0. The van der Waals surface area contributed by atoms with Gasteiger partial charge < -0.3 is 4.84 Å². The monoisotopic (exact) mass is 173 g/mol. The Bertz CT molecular complexity index is 187. The van der Waals surface area contributed by atoms with Gasteiger partial charge in [-0.15, -0.1) is 5.48 Å². The van der Waals surface area contributed by atoms with Crippen LogP contribution in [-0.4, -0.2) is 17.3 Å². The normalized spacial score (nSPS) is 11.0. The van der Waals surface area contributed by atoms with Gasteiger partial charge in [-0.2, -0.15) is 0 Å². The van der Waals surface area contributed by atoms with E-state index in [1.807, 2.05) is 0 Å². The minimum atomic E-state index is -0.791. The Morgan fingerprint density at radius 1 is 1.42 bits per heavy atom. The first kappa shape index (κ1) is 11.1. The third-order valence-electron chi connectivity index (χ3n) is 1.47. The van der Waals surface area contributed by atoms with Crippen molar-refractivity contribution < 1.29 is 14.4 Å². The zero-order chi connectivity index (χ0) is 9.78. The molecule has 0 aliphatic rings. The molecular formula is C8H15NO3. The number of carbonyl (C=O) groups is 2. The van der Waals surface area contributed by atoms with Crippen LogP contribution < -0.4 is 5.48 Å². The molecule has 0 aromatic carbocycles. The Labute approximate surface area is 72.2 Å². The molecule has 4 heteroatoms. The Hall–Kier alpha value is -0.900. The molecule has 0 fully saturated rings. The SMILES string of the molecule is CCC(=O)C(C)(C)NOC(C)=O. The van der Waals surface area contributed by atoms with E-state index < -0.39 is 11.5 Å². The van der Waals surface area contributed by atoms with E-state index in [-0.39, 0.29) is 5.78 Å². The molecular weight excluding hydrogens is 158 g/mol. The number of hydrogen-bond donors (Lipinski definition) is 1. The summed E-state index contributed by atoms with van der Waals surface area (Å²) in [6.07, 6.45) is 0.418. The van der Waals surface area contributed by atoms with Crippen LogP contribution >= 0.6 is 0 Å². The van der Waals surface area contributed by atoms with Gasteiger partial charge in [-0.05, 0) is 13.8 Å². The lowest BCUT2D eigenvalue weighted by Gasteiger charge is -2.22. The van der Waals surface area contributed by atoms with Crippen LogP contribution in [0.3, 0.4) is 0 Å². The van der Waals surface area contributed by atoms with Gasteiger partial charge in [-0.1, -0.05) is 6.92 Å². The summed E-state index contributed by atoms with van der Waals surface area (Å²) in [5.74, 6) is -0.448. The van der Waals surface area contributed by atoms with Crippen molar-refractivity contribution in [1.82, 2.24) is 5.48 Å². The number of ketones is 1. The van der Waals surface area contributed by atoms with Crippen molar-refractivity contribution in [2.75, 3.05) is 0 Å². The first-order valence-electron chi connectivity index (χ1n) is 3.88. The van der Waals surface area contributed by atoms with Crippen molar-refractivity contribution in [2.45, 2.75) is 39.7 Å². The third-order valence-corrected chi connectivity index (χ3v) is 1.47. The van der Waals surface area contributed by atoms with Crippen molar-refractivity contribution in [1.29, 1.82) is 0 Å². The molecule has 0 atom stereocenters. The van der Waals surface area contributed by atoms with E-state index in [0.717, 1.165) is 0 Å². The molecule has 0 saturated heterocycles. The Morgan fingerprint density at radius 3 is 2.25 bits per heavy atom. The molecule has 1 N–H and O–H groups in total. The van der Waals surface area contributed by atoms with Crippen LogP contribution in [0, 0.1) is 0 Å². The number of hydroxylamine groups is 1.